The van der Waals surface area contributed by atoms with Crippen LogP contribution in [0.15, 0.2) is 0 Å². The van der Waals surface area contributed by atoms with E-state index in [-0.39, 0.29) is 24.6 Å². The molecule has 1 aromatic heterocycles. The van der Waals surface area contributed by atoms with Gasteiger partial charge in [-0.15, -0.1) is 0 Å². The molecular formula is C17H25ClF2N4O. The van der Waals surface area contributed by atoms with E-state index in [1.54, 1.807) is 4.68 Å². The maximum atomic E-state index is 13.5. The largest absolute Gasteiger partial charge is 0.336 e. The predicted octanol–water partition coefficient (Wildman–Crippen LogP) is 3.27. The lowest BCUT2D eigenvalue weighted by atomic mass is 10.1. The lowest BCUT2D eigenvalue weighted by Gasteiger charge is -2.15. The first-order chi connectivity index (χ1) is 11.8. The molecule has 3 heterocycles. The summed E-state index contributed by atoms with van der Waals surface area (Å²) in [6.45, 7) is 6.77. The fourth-order valence-electron chi connectivity index (χ4n) is 3.79. The third-order valence-corrected chi connectivity index (χ3v) is 5.78. The molecule has 0 radical (unpaired) electrons. The van der Waals surface area contributed by atoms with Gasteiger partial charge in [-0.1, -0.05) is 25.4 Å². The Morgan fingerprint density at radius 3 is 2.52 bits per heavy atom. The van der Waals surface area contributed by atoms with Crippen LogP contribution >= 0.6 is 11.6 Å². The fraction of sp³-hybridized carbons (Fsp3) is 0.765. The van der Waals surface area contributed by atoms with Crippen LogP contribution in [0.25, 0.3) is 0 Å². The zero-order valence-corrected chi connectivity index (χ0v) is 15.7. The second-order valence-electron chi connectivity index (χ2n) is 7.06. The second-order valence-corrected chi connectivity index (χ2v) is 7.44. The minimum atomic E-state index is -2.63. The Bertz CT molecular complexity index is 678. The standard InChI is InChI=1S/C15H19ClF2N4O.C2H6/c1-20-4-2-5-22-10(7-20)11(16)12(19-22)13(23)21-6-3-14(9-21)8-15(14,17)18;1-2/h2-9H2,1H3;1-2H3. The van der Waals surface area contributed by atoms with Crippen molar-refractivity contribution in [2.75, 3.05) is 26.7 Å². The quantitative estimate of drug-likeness (QED) is 0.757. The molecule has 3 aliphatic rings. The summed E-state index contributed by atoms with van der Waals surface area (Å²) in [6, 6.07) is 0. The number of fused-ring (bicyclic) bond motifs is 1. The number of hydrogen-bond donors (Lipinski definition) is 0. The van der Waals surface area contributed by atoms with E-state index in [1.807, 2.05) is 20.9 Å². The van der Waals surface area contributed by atoms with Crippen molar-refractivity contribution in [1.29, 1.82) is 0 Å². The number of nitrogens with zero attached hydrogens (tertiary/aromatic N) is 4. The number of hydrogen-bond acceptors (Lipinski definition) is 3. The maximum absolute atomic E-state index is 13.5. The van der Waals surface area contributed by atoms with Crippen LogP contribution in [0.2, 0.25) is 5.02 Å². The van der Waals surface area contributed by atoms with Gasteiger partial charge in [-0.3, -0.25) is 9.48 Å². The lowest BCUT2D eigenvalue weighted by molar-refractivity contribution is 0.0616. The molecule has 5 nitrogen and oxygen atoms in total. The highest BCUT2D eigenvalue weighted by Gasteiger charge is 2.73. The Hall–Kier alpha value is -1.21. The highest BCUT2D eigenvalue weighted by molar-refractivity contribution is 6.34. The van der Waals surface area contributed by atoms with Crippen molar-refractivity contribution in [1.82, 2.24) is 19.6 Å². The van der Waals surface area contributed by atoms with Crippen molar-refractivity contribution in [3.8, 4) is 0 Å². The first-order valence-corrected chi connectivity index (χ1v) is 9.32. The number of carbonyl (C=O) groups is 1. The zero-order valence-electron chi connectivity index (χ0n) is 15.0. The molecule has 140 valence electrons. The summed E-state index contributed by atoms with van der Waals surface area (Å²) >= 11 is 6.39. The average molecular weight is 375 g/mol. The van der Waals surface area contributed by atoms with E-state index < -0.39 is 11.3 Å². The van der Waals surface area contributed by atoms with Gasteiger partial charge in [-0.2, -0.15) is 5.10 Å². The van der Waals surface area contributed by atoms with E-state index in [2.05, 4.69) is 10.00 Å². The van der Waals surface area contributed by atoms with Gasteiger partial charge in [0.1, 0.15) is 0 Å². The van der Waals surface area contributed by atoms with Crippen LogP contribution in [-0.4, -0.2) is 58.1 Å². The van der Waals surface area contributed by atoms with Crippen LogP contribution in [0.3, 0.4) is 0 Å². The van der Waals surface area contributed by atoms with Crippen LogP contribution < -0.4 is 0 Å². The van der Waals surface area contributed by atoms with Crippen molar-refractivity contribution in [3.63, 3.8) is 0 Å². The predicted molar refractivity (Wildman–Crippen MR) is 92.1 cm³/mol. The molecule has 8 heteroatoms. The van der Waals surface area contributed by atoms with Crippen molar-refractivity contribution in [3.05, 3.63) is 16.4 Å². The smallest absolute Gasteiger partial charge is 0.275 e. The molecule has 1 saturated heterocycles. The Balaban J connectivity index is 0.000000880. The third kappa shape index (κ3) is 3.05. The van der Waals surface area contributed by atoms with Crippen molar-refractivity contribution >= 4 is 17.5 Å². The molecule has 2 fully saturated rings. The van der Waals surface area contributed by atoms with E-state index in [1.165, 1.54) is 4.90 Å². The Kier molecular flexibility index (Phi) is 4.83. The molecule has 1 amide bonds. The van der Waals surface area contributed by atoms with Gasteiger partial charge in [0, 0.05) is 39.1 Å². The zero-order chi connectivity index (χ0) is 18.4. The summed E-state index contributed by atoms with van der Waals surface area (Å²) < 4.78 is 28.8. The number of carbonyl (C=O) groups excluding carboxylic acids is 1. The number of alkyl halides is 2. The van der Waals surface area contributed by atoms with Crippen molar-refractivity contribution in [2.24, 2.45) is 5.41 Å². The van der Waals surface area contributed by atoms with Gasteiger partial charge < -0.3 is 9.80 Å². The molecule has 2 aliphatic heterocycles. The molecule has 0 bridgehead atoms. The van der Waals surface area contributed by atoms with Gasteiger partial charge in [0.15, 0.2) is 5.69 Å². The molecule has 1 aliphatic carbocycles. The number of aryl methyl sites for hydroxylation is 1. The number of rotatable bonds is 1. The summed E-state index contributed by atoms with van der Waals surface area (Å²) in [6.07, 6.45) is 1.19. The maximum Gasteiger partial charge on any atom is 0.275 e. The molecule has 1 spiro atoms. The Morgan fingerprint density at radius 2 is 1.92 bits per heavy atom. The number of halogens is 3. The second kappa shape index (κ2) is 6.50. The monoisotopic (exact) mass is 374 g/mol. The van der Waals surface area contributed by atoms with E-state index >= 15 is 0 Å². The summed E-state index contributed by atoms with van der Waals surface area (Å²) in [7, 11) is 2.00. The van der Waals surface area contributed by atoms with Crippen LogP contribution in [0.4, 0.5) is 8.78 Å². The van der Waals surface area contributed by atoms with Crippen LogP contribution in [0.5, 0.6) is 0 Å². The van der Waals surface area contributed by atoms with Crippen LogP contribution in [0.1, 0.15) is 49.3 Å². The van der Waals surface area contributed by atoms with Gasteiger partial charge >= 0.3 is 0 Å². The highest BCUT2D eigenvalue weighted by atomic mass is 35.5. The van der Waals surface area contributed by atoms with Crippen LogP contribution in [0, 0.1) is 5.41 Å². The molecule has 4 rings (SSSR count). The van der Waals surface area contributed by atoms with Crippen molar-refractivity contribution in [2.45, 2.75) is 52.1 Å². The van der Waals surface area contributed by atoms with Gasteiger partial charge in [-0.05, 0) is 19.9 Å². The highest BCUT2D eigenvalue weighted by Crippen LogP contribution is 2.65. The minimum Gasteiger partial charge on any atom is -0.336 e. The molecule has 0 aromatic carbocycles. The fourth-order valence-corrected chi connectivity index (χ4v) is 4.07. The first-order valence-electron chi connectivity index (χ1n) is 8.94. The normalized spacial score (nSPS) is 27.5. The topological polar surface area (TPSA) is 41.4 Å². The minimum absolute atomic E-state index is 0.108. The molecule has 25 heavy (non-hydrogen) atoms. The van der Waals surface area contributed by atoms with E-state index in [4.69, 9.17) is 11.6 Å². The molecule has 1 atom stereocenters. The summed E-state index contributed by atoms with van der Waals surface area (Å²) in [5, 5.41) is 4.74. The van der Waals surface area contributed by atoms with Gasteiger partial charge in [0.05, 0.1) is 16.1 Å². The molecule has 1 unspecified atom stereocenters. The third-order valence-electron chi connectivity index (χ3n) is 5.38. The summed E-state index contributed by atoms with van der Waals surface area (Å²) in [5.41, 5.74) is 0.0466. The SMILES string of the molecule is CC.CN1CCCn2nc(C(=O)N3CCC4(C3)CC4(F)F)c(Cl)c2C1. The Morgan fingerprint density at radius 1 is 1.24 bits per heavy atom. The van der Waals surface area contributed by atoms with Gasteiger partial charge in [0.25, 0.3) is 11.8 Å². The van der Waals surface area contributed by atoms with Gasteiger partial charge in [0.2, 0.25) is 0 Å². The van der Waals surface area contributed by atoms with Crippen molar-refractivity contribution < 1.29 is 13.6 Å². The number of aromatic nitrogens is 2. The van der Waals surface area contributed by atoms with Crippen LogP contribution in [-0.2, 0) is 13.1 Å². The number of amides is 1. The van der Waals surface area contributed by atoms with E-state index in [9.17, 15) is 13.6 Å². The van der Waals surface area contributed by atoms with E-state index in [0.717, 1.165) is 18.7 Å². The number of likely N-dealkylation sites (tertiary alicyclic amines) is 1. The average Bonchev–Trinajstić information content (AvgIpc) is 2.83. The summed E-state index contributed by atoms with van der Waals surface area (Å²) in [5.74, 6) is -2.95. The molecule has 0 N–H and O–H groups in total. The molecule has 1 saturated carbocycles. The van der Waals surface area contributed by atoms with E-state index in [0.29, 0.717) is 31.1 Å². The molecule has 1 aromatic rings. The lowest BCUT2D eigenvalue weighted by Crippen LogP contribution is -2.30. The first kappa shape index (κ1) is 18.6. The van der Waals surface area contributed by atoms with Gasteiger partial charge in [-0.25, -0.2) is 8.78 Å². The summed E-state index contributed by atoms with van der Waals surface area (Å²) in [4.78, 5) is 16.3. The Labute approximate surface area is 151 Å². The molecular weight excluding hydrogens is 350 g/mol.